The van der Waals surface area contributed by atoms with Gasteiger partial charge in [0.2, 0.25) is 0 Å². The topological polar surface area (TPSA) is 64.5 Å². The molecule has 1 saturated heterocycles. The fourth-order valence-corrected chi connectivity index (χ4v) is 1.42. The van der Waals surface area contributed by atoms with Crippen molar-refractivity contribution in [2.45, 2.75) is 0 Å². The van der Waals surface area contributed by atoms with Crippen LogP contribution in [0.4, 0.5) is 0 Å². The normalized spacial score (nSPS) is 21.7. The minimum Gasteiger partial charge on any atom is -0.633 e. The van der Waals surface area contributed by atoms with Crippen LogP contribution in [0.1, 0.15) is 0 Å². The summed E-state index contributed by atoms with van der Waals surface area (Å²) in [6.45, 7) is 4.16. The summed E-state index contributed by atoms with van der Waals surface area (Å²) >= 11 is 0. The van der Waals surface area contributed by atoms with E-state index in [2.05, 4.69) is 5.32 Å². The molecule has 0 bridgehead atoms. The van der Waals surface area contributed by atoms with Gasteiger partial charge in [-0.3, -0.25) is 0 Å². The number of ether oxygens (including phenoxy) is 1. The molecule has 0 unspecified atom stereocenters. The molecule has 0 atom stereocenters. The number of quaternary nitrogens is 1. The molecule has 1 aliphatic heterocycles. The van der Waals surface area contributed by atoms with E-state index in [4.69, 9.17) is 9.84 Å². The fourth-order valence-electron chi connectivity index (χ4n) is 1.42. The van der Waals surface area contributed by atoms with Gasteiger partial charge in [-0.25, -0.2) is 0 Å². The van der Waals surface area contributed by atoms with Gasteiger partial charge < -0.3 is 25.0 Å². The molecule has 1 fully saturated rings. The van der Waals surface area contributed by atoms with Crippen LogP contribution in [0.5, 0.6) is 0 Å². The van der Waals surface area contributed by atoms with Crippen molar-refractivity contribution >= 4 is 0 Å². The summed E-state index contributed by atoms with van der Waals surface area (Å²) < 4.78 is 4.91. The quantitative estimate of drug-likeness (QED) is 0.328. The summed E-state index contributed by atoms with van der Waals surface area (Å²) in [6.07, 6.45) is 0. The first-order valence-electron chi connectivity index (χ1n) is 4.73. The zero-order valence-electron chi connectivity index (χ0n) is 7.87. The van der Waals surface area contributed by atoms with Crippen molar-refractivity contribution in [2.75, 3.05) is 52.5 Å². The Morgan fingerprint density at radius 1 is 1.31 bits per heavy atom. The van der Waals surface area contributed by atoms with Crippen LogP contribution in [0.2, 0.25) is 0 Å². The third-order valence-electron chi connectivity index (χ3n) is 2.27. The number of hydrogen-bond donors (Lipinski definition) is 2. The molecule has 1 rings (SSSR count). The highest BCUT2D eigenvalue weighted by Crippen LogP contribution is 2.05. The van der Waals surface area contributed by atoms with Crippen molar-refractivity contribution in [1.29, 1.82) is 0 Å². The average Bonchev–Trinajstić information content (AvgIpc) is 2.14. The Hall–Kier alpha value is -0.200. The molecule has 5 nitrogen and oxygen atoms in total. The number of nitrogens with one attached hydrogen (secondary N) is 1. The van der Waals surface area contributed by atoms with Crippen LogP contribution in [0.25, 0.3) is 0 Å². The minimum absolute atomic E-state index is 0.0282. The molecule has 2 N–H and O–H groups in total. The zero-order chi connectivity index (χ0) is 9.57. The van der Waals surface area contributed by atoms with Crippen LogP contribution < -0.4 is 5.32 Å². The maximum absolute atomic E-state index is 11.8. The molecule has 13 heavy (non-hydrogen) atoms. The average molecular weight is 190 g/mol. The van der Waals surface area contributed by atoms with Gasteiger partial charge in [-0.05, 0) is 0 Å². The first-order chi connectivity index (χ1) is 6.27. The second kappa shape index (κ2) is 5.51. The van der Waals surface area contributed by atoms with Crippen LogP contribution in [0, 0.1) is 5.21 Å². The lowest BCUT2D eigenvalue weighted by Gasteiger charge is -2.45. The van der Waals surface area contributed by atoms with Crippen LogP contribution in [-0.2, 0) is 4.74 Å². The van der Waals surface area contributed by atoms with Crippen molar-refractivity contribution in [3.05, 3.63) is 5.21 Å². The Kier molecular flexibility index (Phi) is 4.61. The van der Waals surface area contributed by atoms with Crippen molar-refractivity contribution in [2.24, 2.45) is 0 Å². The maximum Gasteiger partial charge on any atom is 0.102 e. The predicted molar refractivity (Wildman–Crippen MR) is 49.0 cm³/mol. The van der Waals surface area contributed by atoms with Crippen LogP contribution in [0.3, 0.4) is 0 Å². The summed E-state index contributed by atoms with van der Waals surface area (Å²) in [5.74, 6) is 0. The van der Waals surface area contributed by atoms with Crippen molar-refractivity contribution in [3.63, 3.8) is 0 Å². The van der Waals surface area contributed by atoms with E-state index < -0.39 is 0 Å². The van der Waals surface area contributed by atoms with Gasteiger partial charge in [-0.1, -0.05) is 0 Å². The first-order valence-corrected chi connectivity index (χ1v) is 4.73. The standard InChI is InChI=1S/C8H18N2O3/c11-6-8-13-7-5-10(12)3-1-9-2-4-10/h9,11H,1-8H2. The molecule has 0 amide bonds. The number of nitrogens with zero attached hydrogens (tertiary/aromatic N) is 1. The summed E-state index contributed by atoms with van der Waals surface area (Å²) in [5, 5.41) is 23.4. The van der Waals surface area contributed by atoms with Crippen molar-refractivity contribution in [3.8, 4) is 0 Å². The molecule has 0 radical (unpaired) electrons. The Bertz CT molecular complexity index is 137. The number of aliphatic hydroxyl groups is 1. The van der Waals surface area contributed by atoms with E-state index >= 15 is 0 Å². The van der Waals surface area contributed by atoms with Crippen molar-refractivity contribution in [1.82, 2.24) is 5.32 Å². The summed E-state index contributed by atoms with van der Waals surface area (Å²) in [4.78, 5) is 0. The molecule has 0 aliphatic carbocycles. The SMILES string of the molecule is [O-][N+]1(CCOCCO)CCNCC1. The smallest absolute Gasteiger partial charge is 0.102 e. The van der Waals surface area contributed by atoms with E-state index in [0.717, 1.165) is 13.1 Å². The van der Waals surface area contributed by atoms with E-state index in [-0.39, 0.29) is 11.3 Å². The predicted octanol–water partition coefficient (Wildman–Crippen LogP) is -1.09. The van der Waals surface area contributed by atoms with Crippen molar-refractivity contribution < 1.29 is 14.5 Å². The summed E-state index contributed by atoms with van der Waals surface area (Å²) in [5.41, 5.74) is 0. The number of hydroxylamine groups is 3. The second-order valence-electron chi connectivity index (χ2n) is 3.31. The van der Waals surface area contributed by atoms with E-state index in [0.29, 0.717) is 32.8 Å². The monoisotopic (exact) mass is 190 g/mol. The molecule has 0 saturated carbocycles. The van der Waals surface area contributed by atoms with Crippen LogP contribution in [-0.4, -0.2) is 62.3 Å². The van der Waals surface area contributed by atoms with Gasteiger partial charge in [-0.15, -0.1) is 0 Å². The largest absolute Gasteiger partial charge is 0.633 e. The Balaban J connectivity index is 2.10. The lowest BCUT2D eigenvalue weighted by molar-refractivity contribution is -0.882. The molecule has 0 aromatic carbocycles. The van der Waals surface area contributed by atoms with Gasteiger partial charge in [-0.2, -0.15) is 0 Å². The molecular weight excluding hydrogens is 172 g/mol. The molecule has 0 aromatic rings. The van der Waals surface area contributed by atoms with Gasteiger partial charge in [0.15, 0.2) is 0 Å². The second-order valence-corrected chi connectivity index (χ2v) is 3.31. The molecule has 1 heterocycles. The molecular formula is C8H18N2O3. The number of hydrogen-bond acceptors (Lipinski definition) is 4. The lowest BCUT2D eigenvalue weighted by atomic mass is 10.3. The van der Waals surface area contributed by atoms with Gasteiger partial charge in [0.1, 0.15) is 6.54 Å². The molecule has 5 heteroatoms. The Labute approximate surface area is 78.5 Å². The third-order valence-corrected chi connectivity index (χ3v) is 2.27. The van der Waals surface area contributed by atoms with Gasteiger partial charge in [0.25, 0.3) is 0 Å². The maximum atomic E-state index is 11.8. The number of piperazine rings is 1. The van der Waals surface area contributed by atoms with Gasteiger partial charge in [0.05, 0.1) is 32.9 Å². The van der Waals surface area contributed by atoms with E-state index in [1.54, 1.807) is 0 Å². The highest BCUT2D eigenvalue weighted by molar-refractivity contribution is 4.57. The van der Waals surface area contributed by atoms with E-state index in [1.165, 1.54) is 0 Å². The number of aliphatic hydroxyl groups excluding tert-OH is 1. The molecule has 0 aromatic heterocycles. The van der Waals surface area contributed by atoms with Crippen LogP contribution in [0.15, 0.2) is 0 Å². The van der Waals surface area contributed by atoms with Gasteiger partial charge in [0, 0.05) is 13.1 Å². The minimum atomic E-state index is -0.154. The molecule has 1 aliphatic rings. The van der Waals surface area contributed by atoms with Crippen LogP contribution >= 0.6 is 0 Å². The summed E-state index contributed by atoms with van der Waals surface area (Å²) in [7, 11) is 0. The summed E-state index contributed by atoms with van der Waals surface area (Å²) in [6, 6.07) is 0. The highest BCUT2D eigenvalue weighted by Gasteiger charge is 2.19. The third kappa shape index (κ3) is 4.02. The number of rotatable bonds is 5. The Morgan fingerprint density at radius 2 is 2.00 bits per heavy atom. The van der Waals surface area contributed by atoms with E-state index in [1.807, 2.05) is 0 Å². The Morgan fingerprint density at radius 3 is 2.62 bits per heavy atom. The fraction of sp³-hybridized carbons (Fsp3) is 1.00. The zero-order valence-corrected chi connectivity index (χ0v) is 7.87. The first kappa shape index (κ1) is 10.9. The molecule has 0 spiro atoms. The van der Waals surface area contributed by atoms with E-state index in [9.17, 15) is 5.21 Å². The highest BCUT2D eigenvalue weighted by atomic mass is 16.6. The van der Waals surface area contributed by atoms with Gasteiger partial charge >= 0.3 is 0 Å². The lowest BCUT2D eigenvalue weighted by Crippen LogP contribution is -2.55. The molecule has 78 valence electrons.